The van der Waals surface area contributed by atoms with Crippen molar-refractivity contribution >= 4 is 11.6 Å². The molecule has 1 heterocycles. The largest absolute Gasteiger partial charge is 0.367 e. The van der Waals surface area contributed by atoms with E-state index in [4.69, 9.17) is 16.3 Å². The molecule has 1 aliphatic heterocycles. The van der Waals surface area contributed by atoms with Crippen LogP contribution in [-0.2, 0) is 4.74 Å². The van der Waals surface area contributed by atoms with E-state index >= 15 is 0 Å². The molecule has 1 fully saturated rings. The second kappa shape index (κ2) is 10.00. The lowest BCUT2D eigenvalue weighted by atomic mass is 10.0. The highest BCUT2D eigenvalue weighted by Gasteiger charge is 2.18. The molecule has 1 unspecified atom stereocenters. The maximum atomic E-state index is 13.3. The number of rotatable bonds is 8. The van der Waals surface area contributed by atoms with Gasteiger partial charge >= 0.3 is 0 Å². The van der Waals surface area contributed by atoms with Crippen molar-refractivity contribution in [2.75, 3.05) is 45.9 Å². The Kier molecular flexibility index (Phi) is 7.41. The molecule has 0 spiro atoms. The summed E-state index contributed by atoms with van der Waals surface area (Å²) >= 11 is 6.02. The first kappa shape index (κ1) is 20.0. The Bertz CT molecular complexity index is 667. The van der Waals surface area contributed by atoms with E-state index in [1.807, 2.05) is 30.3 Å². The zero-order valence-electron chi connectivity index (χ0n) is 15.5. The standard InChI is InChI=1S/C22H26ClFN2O/c1-2-11-25-12-14-26(15-13-25)16-17-27-22(18-3-7-20(23)8-4-18)19-5-9-21(24)10-6-19/h2-10,22H,1,11-17H2. The minimum atomic E-state index is -0.244. The zero-order chi connectivity index (χ0) is 19.1. The Labute approximate surface area is 166 Å². The van der Waals surface area contributed by atoms with Crippen molar-refractivity contribution in [3.8, 4) is 0 Å². The molecule has 3 rings (SSSR count). The molecule has 1 atom stereocenters. The first-order chi connectivity index (χ1) is 13.2. The lowest BCUT2D eigenvalue weighted by Crippen LogP contribution is -2.47. The molecule has 1 saturated heterocycles. The van der Waals surface area contributed by atoms with Crippen LogP contribution in [0.4, 0.5) is 4.39 Å². The fraction of sp³-hybridized carbons (Fsp3) is 0.364. The summed E-state index contributed by atoms with van der Waals surface area (Å²) in [5, 5.41) is 0.689. The van der Waals surface area contributed by atoms with Crippen LogP contribution in [0.3, 0.4) is 0 Å². The molecule has 0 saturated carbocycles. The maximum absolute atomic E-state index is 13.3. The first-order valence-electron chi connectivity index (χ1n) is 9.34. The van der Waals surface area contributed by atoms with Gasteiger partial charge in [0.1, 0.15) is 11.9 Å². The average molecular weight is 389 g/mol. The summed E-state index contributed by atoms with van der Waals surface area (Å²) in [6.45, 7) is 10.5. The van der Waals surface area contributed by atoms with Gasteiger partial charge in [-0.05, 0) is 35.4 Å². The van der Waals surface area contributed by atoms with Crippen LogP contribution < -0.4 is 0 Å². The van der Waals surface area contributed by atoms with Gasteiger partial charge in [0.05, 0.1) is 6.61 Å². The van der Waals surface area contributed by atoms with Gasteiger partial charge in [-0.25, -0.2) is 4.39 Å². The number of benzene rings is 2. The Morgan fingerprint density at radius 3 is 2.11 bits per heavy atom. The topological polar surface area (TPSA) is 15.7 Å². The van der Waals surface area contributed by atoms with Crippen molar-refractivity contribution in [2.45, 2.75) is 6.10 Å². The van der Waals surface area contributed by atoms with E-state index in [0.29, 0.717) is 11.6 Å². The number of piperazine rings is 1. The molecule has 144 valence electrons. The van der Waals surface area contributed by atoms with Gasteiger partial charge in [-0.3, -0.25) is 9.80 Å². The number of hydrogen-bond acceptors (Lipinski definition) is 3. The van der Waals surface area contributed by atoms with Crippen molar-refractivity contribution in [2.24, 2.45) is 0 Å². The third kappa shape index (κ3) is 5.88. The first-order valence-corrected chi connectivity index (χ1v) is 9.71. The molecule has 27 heavy (non-hydrogen) atoms. The van der Waals surface area contributed by atoms with Crippen LogP contribution in [0.25, 0.3) is 0 Å². The lowest BCUT2D eigenvalue weighted by molar-refractivity contribution is 0.0467. The molecule has 0 N–H and O–H groups in total. The van der Waals surface area contributed by atoms with Crippen molar-refractivity contribution in [3.05, 3.63) is 83.2 Å². The fourth-order valence-electron chi connectivity index (χ4n) is 3.34. The number of ether oxygens (including phenoxy) is 1. The second-order valence-electron chi connectivity index (χ2n) is 6.78. The molecule has 0 amide bonds. The molecule has 2 aromatic carbocycles. The monoisotopic (exact) mass is 388 g/mol. The van der Waals surface area contributed by atoms with Gasteiger partial charge in [0.2, 0.25) is 0 Å². The van der Waals surface area contributed by atoms with Crippen molar-refractivity contribution in [1.29, 1.82) is 0 Å². The Balaban J connectivity index is 1.59. The summed E-state index contributed by atoms with van der Waals surface area (Å²) in [7, 11) is 0. The summed E-state index contributed by atoms with van der Waals surface area (Å²) in [5.74, 6) is -0.244. The third-order valence-corrected chi connectivity index (χ3v) is 5.14. The van der Waals surface area contributed by atoms with Crippen LogP contribution in [0.1, 0.15) is 17.2 Å². The lowest BCUT2D eigenvalue weighted by Gasteiger charge is -2.34. The van der Waals surface area contributed by atoms with E-state index in [9.17, 15) is 4.39 Å². The number of hydrogen-bond donors (Lipinski definition) is 0. The van der Waals surface area contributed by atoms with Gasteiger partial charge in [-0.15, -0.1) is 6.58 Å². The highest BCUT2D eigenvalue weighted by Crippen LogP contribution is 2.27. The molecular formula is C22H26ClFN2O. The van der Waals surface area contributed by atoms with E-state index < -0.39 is 0 Å². The van der Waals surface area contributed by atoms with Crippen LogP contribution >= 0.6 is 11.6 Å². The van der Waals surface area contributed by atoms with E-state index in [1.54, 1.807) is 12.1 Å². The molecule has 0 bridgehead atoms. The van der Waals surface area contributed by atoms with Crippen LogP contribution in [0, 0.1) is 5.82 Å². The van der Waals surface area contributed by atoms with E-state index in [2.05, 4.69) is 16.4 Å². The van der Waals surface area contributed by atoms with Gasteiger partial charge < -0.3 is 4.74 Å². The number of halogens is 2. The third-order valence-electron chi connectivity index (χ3n) is 4.89. The van der Waals surface area contributed by atoms with E-state index in [0.717, 1.165) is 50.4 Å². The van der Waals surface area contributed by atoms with Crippen molar-refractivity contribution in [3.63, 3.8) is 0 Å². The smallest absolute Gasteiger partial charge is 0.123 e. The molecule has 0 radical (unpaired) electrons. The summed E-state index contributed by atoms with van der Waals surface area (Å²) in [6.07, 6.45) is 1.72. The van der Waals surface area contributed by atoms with Crippen LogP contribution in [-0.4, -0.2) is 55.7 Å². The normalized spacial score (nSPS) is 17.0. The molecular weight excluding hydrogens is 363 g/mol. The predicted octanol–water partition coefficient (Wildman–Crippen LogP) is 4.39. The van der Waals surface area contributed by atoms with Gasteiger partial charge in [0.15, 0.2) is 0 Å². The van der Waals surface area contributed by atoms with Crippen molar-refractivity contribution in [1.82, 2.24) is 9.80 Å². The second-order valence-corrected chi connectivity index (χ2v) is 7.22. The molecule has 5 heteroatoms. The number of nitrogens with zero attached hydrogens (tertiary/aromatic N) is 2. The Morgan fingerprint density at radius 1 is 0.963 bits per heavy atom. The summed E-state index contributed by atoms with van der Waals surface area (Å²) in [5.41, 5.74) is 1.95. The summed E-state index contributed by atoms with van der Waals surface area (Å²) in [4.78, 5) is 4.82. The van der Waals surface area contributed by atoms with Gasteiger partial charge in [-0.2, -0.15) is 0 Å². The molecule has 1 aliphatic rings. The van der Waals surface area contributed by atoms with Crippen LogP contribution in [0.5, 0.6) is 0 Å². The average Bonchev–Trinajstić information content (AvgIpc) is 2.69. The van der Waals surface area contributed by atoms with Crippen molar-refractivity contribution < 1.29 is 9.13 Å². The van der Waals surface area contributed by atoms with Crippen LogP contribution in [0.15, 0.2) is 61.2 Å². The highest BCUT2D eigenvalue weighted by molar-refractivity contribution is 6.30. The Morgan fingerprint density at radius 2 is 1.52 bits per heavy atom. The summed E-state index contributed by atoms with van der Waals surface area (Å²) in [6, 6.07) is 14.1. The highest BCUT2D eigenvalue weighted by atomic mass is 35.5. The molecule has 0 aromatic heterocycles. The Hall–Kier alpha value is -1.72. The van der Waals surface area contributed by atoms with E-state index in [-0.39, 0.29) is 11.9 Å². The molecule has 2 aromatic rings. The van der Waals surface area contributed by atoms with Gasteiger partial charge in [0.25, 0.3) is 0 Å². The minimum absolute atomic E-state index is 0.232. The molecule has 0 aliphatic carbocycles. The van der Waals surface area contributed by atoms with Gasteiger partial charge in [-0.1, -0.05) is 41.9 Å². The fourth-order valence-corrected chi connectivity index (χ4v) is 3.46. The van der Waals surface area contributed by atoms with Gasteiger partial charge in [0, 0.05) is 44.3 Å². The minimum Gasteiger partial charge on any atom is -0.367 e. The quantitative estimate of drug-likeness (QED) is 0.624. The van der Waals surface area contributed by atoms with Crippen LogP contribution in [0.2, 0.25) is 5.02 Å². The van der Waals surface area contributed by atoms with E-state index in [1.165, 1.54) is 12.1 Å². The zero-order valence-corrected chi connectivity index (χ0v) is 16.2. The SMILES string of the molecule is C=CCN1CCN(CCOC(c2ccc(F)cc2)c2ccc(Cl)cc2)CC1. The predicted molar refractivity (Wildman–Crippen MR) is 109 cm³/mol. The summed E-state index contributed by atoms with van der Waals surface area (Å²) < 4.78 is 19.5. The maximum Gasteiger partial charge on any atom is 0.123 e. The molecule has 3 nitrogen and oxygen atoms in total.